The molecule has 28 heavy (non-hydrogen) atoms. The third kappa shape index (κ3) is 20.5. The van der Waals surface area contributed by atoms with Gasteiger partial charge in [0.2, 0.25) is 0 Å². The molecule has 0 amide bonds. The van der Waals surface area contributed by atoms with E-state index < -0.39 is 5.97 Å². The molecule has 0 aromatic heterocycles. The molecule has 0 spiro atoms. The molecule has 0 radical (unpaired) electrons. The van der Waals surface area contributed by atoms with E-state index in [1.54, 1.807) is 6.92 Å². The molecule has 6 heteroatoms. The van der Waals surface area contributed by atoms with Crippen molar-refractivity contribution in [2.24, 2.45) is 10.4 Å². The first kappa shape index (κ1) is 33.8. The SMILES string of the molecule is CC1(C)C[C-]=CC(=Nc2cc[c-]cc2)C1.[CH2-]C(=O)OCC.[CH2-]COC[CH2-].[K+].[K+]. The minimum absolute atomic E-state index is 0. The van der Waals surface area contributed by atoms with Crippen LogP contribution in [-0.4, -0.2) is 31.5 Å². The maximum Gasteiger partial charge on any atom is 1.00 e. The van der Waals surface area contributed by atoms with E-state index in [-0.39, 0.29) is 103 Å². The molecule has 0 atom stereocenters. The Hall–Kier alpha value is 1.20. The van der Waals surface area contributed by atoms with Gasteiger partial charge < -0.3 is 28.3 Å². The monoisotopic (exact) mass is 434 g/mol. The van der Waals surface area contributed by atoms with Crippen LogP contribution in [0.5, 0.6) is 0 Å². The van der Waals surface area contributed by atoms with Gasteiger partial charge in [0.25, 0.3) is 0 Å². The van der Waals surface area contributed by atoms with Gasteiger partial charge in [-0.15, -0.1) is 24.3 Å². The molecular formula is C22H30K2NO3-3. The molecule has 1 aromatic carbocycles. The minimum atomic E-state index is -0.461. The van der Waals surface area contributed by atoms with E-state index in [0.29, 0.717) is 25.2 Å². The summed E-state index contributed by atoms with van der Waals surface area (Å²) in [5.74, 6) is -0.461. The first-order chi connectivity index (χ1) is 12.3. The maximum atomic E-state index is 9.71. The van der Waals surface area contributed by atoms with Crippen LogP contribution in [0.3, 0.4) is 0 Å². The van der Waals surface area contributed by atoms with Crippen molar-refractivity contribution in [1.29, 1.82) is 0 Å². The van der Waals surface area contributed by atoms with Gasteiger partial charge in [-0.1, -0.05) is 44.6 Å². The number of ether oxygens (including phenoxy) is 2. The summed E-state index contributed by atoms with van der Waals surface area (Å²) in [6.45, 7) is 17.5. The molecule has 4 nitrogen and oxygen atoms in total. The summed E-state index contributed by atoms with van der Waals surface area (Å²) >= 11 is 0. The average molecular weight is 435 g/mol. The number of nitrogens with zero attached hydrogens (tertiary/aromatic N) is 1. The van der Waals surface area contributed by atoms with Crippen molar-refractivity contribution < 1.29 is 117 Å². The van der Waals surface area contributed by atoms with Crippen LogP contribution in [0.2, 0.25) is 0 Å². The molecule has 0 fully saturated rings. The first-order valence-electron chi connectivity index (χ1n) is 8.60. The molecule has 1 aliphatic carbocycles. The smallest absolute Gasteiger partial charge is 0.489 e. The third-order valence-corrected chi connectivity index (χ3v) is 3.08. The summed E-state index contributed by atoms with van der Waals surface area (Å²) in [6.07, 6.45) is 7.35. The van der Waals surface area contributed by atoms with Crippen LogP contribution in [0.1, 0.15) is 33.6 Å². The first-order valence-corrected chi connectivity index (χ1v) is 8.60. The Balaban J connectivity index is -0.000000408. The molecule has 1 aromatic rings. The van der Waals surface area contributed by atoms with E-state index in [0.717, 1.165) is 24.2 Å². The summed E-state index contributed by atoms with van der Waals surface area (Å²) in [5.41, 5.74) is 2.42. The van der Waals surface area contributed by atoms with Crippen LogP contribution in [0, 0.1) is 38.3 Å². The Morgan fingerprint density at radius 2 is 1.79 bits per heavy atom. The molecule has 0 aliphatic heterocycles. The van der Waals surface area contributed by atoms with Crippen LogP contribution < -0.4 is 103 Å². The molecule has 0 N–H and O–H groups in total. The van der Waals surface area contributed by atoms with Gasteiger partial charge in [0.1, 0.15) is 0 Å². The number of aliphatic imine (C=N–C) groups is 1. The Morgan fingerprint density at radius 3 is 2.14 bits per heavy atom. The van der Waals surface area contributed by atoms with Crippen molar-refractivity contribution in [3.63, 3.8) is 0 Å². The van der Waals surface area contributed by atoms with Gasteiger partial charge >= 0.3 is 103 Å². The van der Waals surface area contributed by atoms with Crippen molar-refractivity contribution >= 4 is 17.4 Å². The van der Waals surface area contributed by atoms with E-state index in [1.165, 1.54) is 0 Å². The topological polar surface area (TPSA) is 47.9 Å². The fourth-order valence-corrected chi connectivity index (χ4v) is 2.00. The molecule has 2 rings (SSSR count). The van der Waals surface area contributed by atoms with Crippen molar-refractivity contribution in [3.8, 4) is 0 Å². The third-order valence-electron chi connectivity index (χ3n) is 3.08. The second-order valence-electron chi connectivity index (χ2n) is 6.14. The number of benzene rings is 1. The number of hydrogen-bond donors (Lipinski definition) is 0. The van der Waals surface area contributed by atoms with Gasteiger partial charge in [0, 0.05) is 0 Å². The Bertz CT molecular complexity index is 556. The second-order valence-corrected chi connectivity index (χ2v) is 6.14. The fourth-order valence-electron chi connectivity index (χ4n) is 2.00. The Morgan fingerprint density at radius 1 is 1.21 bits per heavy atom. The summed E-state index contributed by atoms with van der Waals surface area (Å²) in [6, 6.07) is 10.7. The van der Waals surface area contributed by atoms with Crippen LogP contribution in [0.25, 0.3) is 0 Å². The molecule has 146 valence electrons. The Labute approximate surface area is 257 Å². The zero-order valence-electron chi connectivity index (χ0n) is 18.2. The standard InChI is InChI=1S/C14H15N.C4H7O2.C4H8O.2K/c1-14(2)10-6-9-13(11-14)15-12-7-4-3-5-8-12;1-3-6-4(2)5;1-3-5-4-2;;/h4-5,7-9H,10-11H2,1-2H3;2-3H2,1H3;1-4H2;;/q-2;-1;-2;2*+1. The van der Waals surface area contributed by atoms with E-state index in [4.69, 9.17) is 0 Å². The van der Waals surface area contributed by atoms with Gasteiger partial charge in [-0.25, -0.2) is 6.08 Å². The van der Waals surface area contributed by atoms with Crippen molar-refractivity contribution in [1.82, 2.24) is 0 Å². The maximum absolute atomic E-state index is 9.71. The predicted octanol–water partition coefficient (Wildman–Crippen LogP) is -1.20. The summed E-state index contributed by atoms with van der Waals surface area (Å²) in [5, 5.41) is 0. The quantitative estimate of drug-likeness (QED) is 0.340. The van der Waals surface area contributed by atoms with E-state index in [9.17, 15) is 4.79 Å². The van der Waals surface area contributed by atoms with Crippen LogP contribution in [0.4, 0.5) is 5.69 Å². The van der Waals surface area contributed by atoms with E-state index in [1.807, 2.05) is 30.3 Å². The van der Waals surface area contributed by atoms with Crippen LogP contribution in [-0.2, 0) is 14.3 Å². The molecule has 0 saturated heterocycles. The number of hydrogen-bond acceptors (Lipinski definition) is 4. The van der Waals surface area contributed by atoms with E-state index in [2.05, 4.69) is 61.2 Å². The van der Waals surface area contributed by atoms with Crippen molar-refractivity contribution in [2.45, 2.75) is 33.6 Å². The number of allylic oxidation sites excluding steroid dienone is 2. The van der Waals surface area contributed by atoms with Gasteiger partial charge in [-0.05, 0) is 6.92 Å². The summed E-state index contributed by atoms with van der Waals surface area (Å²) in [7, 11) is 0. The van der Waals surface area contributed by atoms with Crippen LogP contribution >= 0.6 is 0 Å². The summed E-state index contributed by atoms with van der Waals surface area (Å²) < 4.78 is 8.90. The zero-order chi connectivity index (χ0) is 19.8. The van der Waals surface area contributed by atoms with Crippen molar-refractivity contribution in [2.75, 3.05) is 19.8 Å². The van der Waals surface area contributed by atoms with Gasteiger partial charge in [0.15, 0.2) is 5.97 Å². The number of esters is 1. The number of carbonyl (C=O) groups excluding carboxylic acids is 1. The number of rotatable bonds is 4. The van der Waals surface area contributed by atoms with Gasteiger partial charge in [-0.2, -0.15) is 18.2 Å². The fraction of sp³-hybridized carbons (Fsp3) is 0.409. The largest absolute Gasteiger partial charge is 1.00 e. The molecule has 0 saturated carbocycles. The average Bonchev–Trinajstić information content (AvgIpc) is 2.56. The Kier molecular flexibility index (Phi) is 25.9. The predicted molar refractivity (Wildman–Crippen MR) is 107 cm³/mol. The van der Waals surface area contributed by atoms with E-state index >= 15 is 0 Å². The normalized spacial score (nSPS) is 14.8. The van der Waals surface area contributed by atoms with Crippen LogP contribution in [0.15, 0.2) is 35.3 Å². The molecular weight excluding hydrogens is 404 g/mol. The molecule has 1 aliphatic rings. The zero-order valence-corrected chi connectivity index (χ0v) is 24.5. The summed E-state index contributed by atoms with van der Waals surface area (Å²) in [4.78, 5) is 14.3. The molecule has 0 bridgehead atoms. The van der Waals surface area contributed by atoms with Gasteiger partial charge in [-0.3, -0.25) is 17.8 Å². The van der Waals surface area contributed by atoms with Gasteiger partial charge in [0.05, 0.1) is 6.61 Å². The molecule has 0 heterocycles. The second kappa shape index (κ2) is 21.4. The minimum Gasteiger partial charge on any atom is -0.489 e. The molecule has 0 unspecified atom stereocenters. The number of carbonyl (C=O) groups is 1. The van der Waals surface area contributed by atoms with Crippen molar-refractivity contribution in [3.05, 3.63) is 63.3 Å².